The highest BCUT2D eigenvalue weighted by Crippen LogP contribution is 2.21. The van der Waals surface area contributed by atoms with E-state index in [0.29, 0.717) is 5.75 Å². The third-order valence-electron chi connectivity index (χ3n) is 4.83. The number of carbonyl (C=O) groups is 1. The van der Waals surface area contributed by atoms with Gasteiger partial charge in [0.1, 0.15) is 11.6 Å². The smallest absolute Gasteiger partial charge is 0.258 e. The second-order valence-corrected chi connectivity index (χ2v) is 8.83. The number of ether oxygens (including phenoxy) is 1. The third kappa shape index (κ3) is 6.54. The monoisotopic (exact) mass is 420 g/mol. The maximum atomic E-state index is 12.9. The van der Waals surface area contributed by atoms with Crippen LogP contribution in [0, 0.1) is 5.82 Å². The molecular weight excluding hydrogens is 395 g/mol. The number of sulfonamides is 1. The molecule has 2 N–H and O–H groups in total. The minimum atomic E-state index is -3.56. The van der Waals surface area contributed by atoms with Crippen LogP contribution in [-0.4, -0.2) is 27.0 Å². The van der Waals surface area contributed by atoms with Gasteiger partial charge < -0.3 is 10.1 Å². The second-order valence-electron chi connectivity index (χ2n) is 7.12. The SMILES string of the molecule is O=C(COc1ccc(S(=O)(=O)NC2CCCCC2)cc1)NCc1ccc(F)cc1. The van der Waals surface area contributed by atoms with Crippen LogP contribution in [0.25, 0.3) is 0 Å². The maximum absolute atomic E-state index is 12.9. The number of rotatable bonds is 8. The van der Waals surface area contributed by atoms with Crippen molar-refractivity contribution in [2.45, 2.75) is 49.6 Å². The van der Waals surface area contributed by atoms with Gasteiger partial charge in [-0.05, 0) is 54.8 Å². The molecule has 0 radical (unpaired) electrons. The Kier molecular flexibility index (Phi) is 7.22. The Morgan fingerprint density at radius 2 is 1.66 bits per heavy atom. The fraction of sp³-hybridized carbons (Fsp3) is 0.381. The molecule has 0 saturated heterocycles. The summed E-state index contributed by atoms with van der Waals surface area (Å²) in [6, 6.07) is 11.8. The largest absolute Gasteiger partial charge is 0.484 e. The van der Waals surface area contributed by atoms with Gasteiger partial charge in [-0.25, -0.2) is 17.5 Å². The van der Waals surface area contributed by atoms with Crippen LogP contribution in [-0.2, 0) is 21.4 Å². The van der Waals surface area contributed by atoms with E-state index in [1.807, 2.05) is 0 Å². The third-order valence-corrected chi connectivity index (χ3v) is 6.37. The van der Waals surface area contributed by atoms with Crippen LogP contribution in [0.2, 0.25) is 0 Å². The molecule has 156 valence electrons. The number of carbonyl (C=O) groups excluding carboxylic acids is 1. The first-order chi connectivity index (χ1) is 13.9. The van der Waals surface area contributed by atoms with Crippen molar-refractivity contribution in [3.8, 4) is 5.75 Å². The Morgan fingerprint density at radius 3 is 2.31 bits per heavy atom. The number of amides is 1. The topological polar surface area (TPSA) is 84.5 Å². The van der Waals surface area contributed by atoms with Gasteiger partial charge in [0.2, 0.25) is 10.0 Å². The molecule has 0 spiro atoms. The lowest BCUT2D eigenvalue weighted by Gasteiger charge is -2.22. The molecular formula is C21H25FN2O4S. The predicted octanol–water partition coefficient (Wildman–Crippen LogP) is 3.13. The summed E-state index contributed by atoms with van der Waals surface area (Å²) in [4.78, 5) is 12.1. The summed E-state index contributed by atoms with van der Waals surface area (Å²) >= 11 is 0. The average Bonchev–Trinajstić information content (AvgIpc) is 2.72. The molecule has 0 unspecified atom stereocenters. The molecule has 3 rings (SSSR count). The van der Waals surface area contributed by atoms with E-state index in [4.69, 9.17) is 4.74 Å². The molecule has 1 aliphatic carbocycles. The molecule has 1 amide bonds. The molecule has 8 heteroatoms. The van der Waals surface area contributed by atoms with E-state index in [9.17, 15) is 17.6 Å². The molecule has 0 aromatic heterocycles. The number of hydrogen-bond donors (Lipinski definition) is 2. The summed E-state index contributed by atoms with van der Waals surface area (Å²) < 4.78 is 46.0. The van der Waals surface area contributed by atoms with Gasteiger partial charge in [-0.1, -0.05) is 31.4 Å². The van der Waals surface area contributed by atoms with Crippen LogP contribution in [0.5, 0.6) is 5.75 Å². The quantitative estimate of drug-likeness (QED) is 0.687. The lowest BCUT2D eigenvalue weighted by molar-refractivity contribution is -0.123. The minimum Gasteiger partial charge on any atom is -0.484 e. The Balaban J connectivity index is 1.47. The molecule has 1 fully saturated rings. The number of halogens is 1. The van der Waals surface area contributed by atoms with Crippen molar-refractivity contribution in [1.82, 2.24) is 10.0 Å². The first-order valence-corrected chi connectivity index (χ1v) is 11.2. The van der Waals surface area contributed by atoms with Crippen molar-refractivity contribution in [2.24, 2.45) is 0 Å². The van der Waals surface area contributed by atoms with E-state index in [1.54, 1.807) is 12.1 Å². The standard InChI is InChI=1S/C21H25FN2O4S/c22-17-8-6-16(7-9-17)14-23-21(25)15-28-19-10-12-20(13-11-19)29(26,27)24-18-4-2-1-3-5-18/h6-13,18,24H,1-5,14-15H2,(H,23,25). The summed E-state index contributed by atoms with van der Waals surface area (Å²) in [5.74, 6) is -0.258. The maximum Gasteiger partial charge on any atom is 0.258 e. The fourth-order valence-corrected chi connectivity index (χ4v) is 4.53. The first-order valence-electron chi connectivity index (χ1n) is 9.69. The van der Waals surface area contributed by atoms with Crippen molar-refractivity contribution in [3.63, 3.8) is 0 Å². The molecule has 1 saturated carbocycles. The van der Waals surface area contributed by atoms with E-state index < -0.39 is 10.0 Å². The molecule has 0 aliphatic heterocycles. The Hall–Kier alpha value is -2.45. The normalized spacial score (nSPS) is 15.1. The zero-order valence-corrected chi connectivity index (χ0v) is 16.9. The van der Waals surface area contributed by atoms with Crippen LogP contribution in [0.1, 0.15) is 37.7 Å². The Bertz CT molecular complexity index is 909. The zero-order chi connectivity index (χ0) is 20.7. The molecule has 2 aromatic rings. The van der Waals surface area contributed by atoms with E-state index in [1.165, 1.54) is 36.4 Å². The summed E-state index contributed by atoms with van der Waals surface area (Å²) in [7, 11) is -3.56. The van der Waals surface area contributed by atoms with Gasteiger partial charge in [0.15, 0.2) is 6.61 Å². The van der Waals surface area contributed by atoms with Crippen molar-refractivity contribution in [1.29, 1.82) is 0 Å². The average molecular weight is 421 g/mol. The highest BCUT2D eigenvalue weighted by Gasteiger charge is 2.21. The first kappa shape index (κ1) is 21.3. The molecule has 1 aliphatic rings. The van der Waals surface area contributed by atoms with Gasteiger partial charge >= 0.3 is 0 Å². The zero-order valence-electron chi connectivity index (χ0n) is 16.1. The van der Waals surface area contributed by atoms with Gasteiger partial charge in [0, 0.05) is 12.6 Å². The molecule has 0 heterocycles. The van der Waals surface area contributed by atoms with E-state index in [-0.39, 0.29) is 35.8 Å². The number of hydrogen-bond acceptors (Lipinski definition) is 4. The van der Waals surface area contributed by atoms with Gasteiger partial charge in [0.05, 0.1) is 4.90 Å². The van der Waals surface area contributed by atoms with Crippen LogP contribution in [0.4, 0.5) is 4.39 Å². The van der Waals surface area contributed by atoms with Crippen molar-refractivity contribution in [2.75, 3.05) is 6.61 Å². The molecule has 0 atom stereocenters. The predicted molar refractivity (Wildman–Crippen MR) is 107 cm³/mol. The summed E-state index contributed by atoms with van der Waals surface area (Å²) in [5, 5.41) is 2.68. The van der Waals surface area contributed by atoms with Crippen LogP contribution in [0.3, 0.4) is 0 Å². The molecule has 0 bridgehead atoms. The van der Waals surface area contributed by atoms with E-state index in [0.717, 1.165) is 37.7 Å². The summed E-state index contributed by atoms with van der Waals surface area (Å²) in [6.45, 7) is 0.0695. The lowest BCUT2D eigenvalue weighted by atomic mass is 9.96. The second kappa shape index (κ2) is 9.84. The Labute approximate surface area is 170 Å². The fourth-order valence-electron chi connectivity index (χ4n) is 3.23. The molecule has 29 heavy (non-hydrogen) atoms. The Morgan fingerprint density at radius 1 is 1.00 bits per heavy atom. The van der Waals surface area contributed by atoms with E-state index in [2.05, 4.69) is 10.0 Å². The highest BCUT2D eigenvalue weighted by molar-refractivity contribution is 7.89. The highest BCUT2D eigenvalue weighted by atomic mass is 32.2. The molecule has 6 nitrogen and oxygen atoms in total. The summed E-state index contributed by atoms with van der Waals surface area (Å²) in [5.41, 5.74) is 0.778. The van der Waals surface area contributed by atoms with Gasteiger partial charge in [-0.2, -0.15) is 0 Å². The van der Waals surface area contributed by atoms with Crippen LogP contribution >= 0.6 is 0 Å². The van der Waals surface area contributed by atoms with Gasteiger partial charge in [-0.15, -0.1) is 0 Å². The van der Waals surface area contributed by atoms with Gasteiger partial charge in [-0.3, -0.25) is 4.79 Å². The van der Waals surface area contributed by atoms with Crippen molar-refractivity contribution >= 4 is 15.9 Å². The van der Waals surface area contributed by atoms with Crippen molar-refractivity contribution in [3.05, 3.63) is 59.9 Å². The van der Waals surface area contributed by atoms with E-state index >= 15 is 0 Å². The number of benzene rings is 2. The van der Waals surface area contributed by atoms with Crippen LogP contribution < -0.4 is 14.8 Å². The van der Waals surface area contributed by atoms with Crippen LogP contribution in [0.15, 0.2) is 53.4 Å². The number of nitrogens with one attached hydrogen (secondary N) is 2. The summed E-state index contributed by atoms with van der Waals surface area (Å²) in [6.07, 6.45) is 4.98. The van der Waals surface area contributed by atoms with Crippen molar-refractivity contribution < 1.29 is 22.3 Å². The lowest BCUT2D eigenvalue weighted by Crippen LogP contribution is -2.36. The van der Waals surface area contributed by atoms with Gasteiger partial charge in [0.25, 0.3) is 5.91 Å². The minimum absolute atomic E-state index is 0.00511. The molecule has 2 aromatic carbocycles.